The highest BCUT2D eigenvalue weighted by molar-refractivity contribution is 5.86. The Morgan fingerprint density at radius 2 is 1.88 bits per heavy atom. The summed E-state index contributed by atoms with van der Waals surface area (Å²) in [6, 6.07) is 10.4. The minimum Gasteiger partial charge on any atom is -0.460 e. The van der Waals surface area contributed by atoms with Gasteiger partial charge in [0.2, 0.25) is 0 Å². The van der Waals surface area contributed by atoms with Crippen molar-refractivity contribution in [2.24, 2.45) is 11.8 Å². The quantitative estimate of drug-likeness (QED) is 0.441. The second kappa shape index (κ2) is 8.30. The summed E-state index contributed by atoms with van der Waals surface area (Å²) in [5.41, 5.74) is 0.585. The number of rotatable bonds is 5. The molecule has 1 aromatic heterocycles. The Kier molecular flexibility index (Phi) is 5.67. The summed E-state index contributed by atoms with van der Waals surface area (Å²) in [6.07, 6.45) is 2.50. The highest BCUT2D eigenvalue weighted by Gasteiger charge is 2.38. The standard InChI is InChI=1S/C25H25FN2O4/c1-25(2,3)32-24(31)17-10-16(11-17)13-22-27-21-12-15(14-29)4-9-20(21)23(30)28(22)19-7-5-18(26)6-8-19/h4-9,12,14,16-17H,10-11,13H2,1-3H3. The number of hydrogen-bond acceptors (Lipinski definition) is 5. The predicted molar refractivity (Wildman–Crippen MR) is 118 cm³/mol. The molecule has 0 spiro atoms. The first kappa shape index (κ1) is 21.9. The smallest absolute Gasteiger partial charge is 0.309 e. The molecular formula is C25H25FN2O4. The summed E-state index contributed by atoms with van der Waals surface area (Å²) >= 11 is 0. The zero-order valence-electron chi connectivity index (χ0n) is 18.3. The number of ether oxygens (including phenoxy) is 1. The van der Waals surface area contributed by atoms with Gasteiger partial charge >= 0.3 is 5.97 Å². The van der Waals surface area contributed by atoms with E-state index in [2.05, 4.69) is 4.98 Å². The number of aromatic nitrogens is 2. The molecule has 6 nitrogen and oxygen atoms in total. The van der Waals surface area contributed by atoms with Gasteiger partial charge in [0.1, 0.15) is 23.5 Å². The molecule has 0 unspecified atom stereocenters. The number of carbonyl (C=O) groups excluding carboxylic acids is 2. The Morgan fingerprint density at radius 3 is 2.50 bits per heavy atom. The van der Waals surface area contributed by atoms with Crippen LogP contribution in [0.5, 0.6) is 0 Å². The number of esters is 1. The van der Waals surface area contributed by atoms with Crippen molar-refractivity contribution in [1.29, 1.82) is 0 Å². The minimum atomic E-state index is -0.526. The normalized spacial score (nSPS) is 18.2. The molecular weight excluding hydrogens is 411 g/mol. The predicted octanol–water partition coefficient (Wildman–Crippen LogP) is 4.25. The van der Waals surface area contributed by atoms with E-state index in [1.165, 1.54) is 28.8 Å². The lowest BCUT2D eigenvalue weighted by Gasteiger charge is -2.35. The van der Waals surface area contributed by atoms with E-state index in [9.17, 15) is 18.8 Å². The third-order valence-electron chi connectivity index (χ3n) is 5.63. The van der Waals surface area contributed by atoms with Gasteiger partial charge in [-0.25, -0.2) is 9.37 Å². The fourth-order valence-corrected chi connectivity index (χ4v) is 4.05. The molecule has 0 radical (unpaired) electrons. The van der Waals surface area contributed by atoms with Crippen LogP contribution in [0.1, 0.15) is 49.8 Å². The Morgan fingerprint density at radius 1 is 1.19 bits per heavy atom. The lowest BCUT2D eigenvalue weighted by Crippen LogP contribution is -2.37. The van der Waals surface area contributed by atoms with Crippen molar-refractivity contribution in [3.8, 4) is 5.69 Å². The van der Waals surface area contributed by atoms with Crippen LogP contribution in [0.25, 0.3) is 16.6 Å². The van der Waals surface area contributed by atoms with Crippen LogP contribution in [-0.2, 0) is 16.0 Å². The van der Waals surface area contributed by atoms with Gasteiger partial charge in [0.15, 0.2) is 0 Å². The first-order chi connectivity index (χ1) is 15.1. The monoisotopic (exact) mass is 436 g/mol. The SMILES string of the molecule is CC(C)(C)OC(=O)C1CC(Cc2nc3cc(C=O)ccc3c(=O)n2-c2ccc(F)cc2)C1. The van der Waals surface area contributed by atoms with E-state index in [1.807, 2.05) is 20.8 Å². The number of nitrogens with zero attached hydrogens (tertiary/aromatic N) is 2. The van der Waals surface area contributed by atoms with Crippen molar-refractivity contribution in [3.63, 3.8) is 0 Å². The molecule has 2 aromatic carbocycles. The van der Waals surface area contributed by atoms with Gasteiger partial charge in [0.25, 0.3) is 5.56 Å². The number of hydrogen-bond donors (Lipinski definition) is 0. The van der Waals surface area contributed by atoms with Gasteiger partial charge in [0, 0.05) is 12.0 Å². The van der Waals surface area contributed by atoms with Crippen LogP contribution in [0.3, 0.4) is 0 Å². The van der Waals surface area contributed by atoms with Crippen LogP contribution in [0, 0.1) is 17.7 Å². The molecule has 0 aliphatic heterocycles. The van der Waals surface area contributed by atoms with Crippen LogP contribution in [0.2, 0.25) is 0 Å². The van der Waals surface area contributed by atoms with E-state index in [4.69, 9.17) is 4.74 Å². The molecule has 1 saturated carbocycles. The molecule has 7 heteroatoms. The second-order valence-electron chi connectivity index (χ2n) is 9.31. The van der Waals surface area contributed by atoms with Crippen molar-refractivity contribution in [3.05, 3.63) is 70.0 Å². The van der Waals surface area contributed by atoms with Gasteiger partial charge in [-0.1, -0.05) is 6.07 Å². The maximum absolute atomic E-state index is 13.5. The van der Waals surface area contributed by atoms with Gasteiger partial charge in [-0.05, 0) is 75.9 Å². The fraction of sp³-hybridized carbons (Fsp3) is 0.360. The molecule has 4 rings (SSSR count). The molecule has 1 fully saturated rings. The Bertz CT molecular complexity index is 1240. The van der Waals surface area contributed by atoms with Gasteiger partial charge in [-0.15, -0.1) is 0 Å². The molecule has 1 aliphatic carbocycles. The summed E-state index contributed by atoms with van der Waals surface area (Å²) < 4.78 is 20.4. The maximum atomic E-state index is 13.5. The first-order valence-corrected chi connectivity index (χ1v) is 10.6. The largest absolute Gasteiger partial charge is 0.460 e. The van der Waals surface area contributed by atoms with E-state index < -0.39 is 11.4 Å². The molecule has 0 saturated heterocycles. The zero-order chi connectivity index (χ0) is 23.0. The highest BCUT2D eigenvalue weighted by Crippen LogP contribution is 2.37. The molecule has 0 N–H and O–H groups in total. The summed E-state index contributed by atoms with van der Waals surface area (Å²) in [6.45, 7) is 5.53. The summed E-state index contributed by atoms with van der Waals surface area (Å²) in [7, 11) is 0. The summed E-state index contributed by atoms with van der Waals surface area (Å²) in [4.78, 5) is 41.5. The fourth-order valence-electron chi connectivity index (χ4n) is 4.05. The topological polar surface area (TPSA) is 78.3 Å². The molecule has 1 heterocycles. The van der Waals surface area contributed by atoms with E-state index in [0.717, 1.165) is 0 Å². The number of fused-ring (bicyclic) bond motifs is 1. The molecule has 32 heavy (non-hydrogen) atoms. The highest BCUT2D eigenvalue weighted by atomic mass is 19.1. The molecule has 0 bridgehead atoms. The van der Waals surface area contributed by atoms with E-state index >= 15 is 0 Å². The zero-order valence-corrected chi connectivity index (χ0v) is 18.3. The van der Waals surface area contributed by atoms with Crippen molar-refractivity contribution < 1.29 is 18.7 Å². The lowest BCUT2D eigenvalue weighted by molar-refractivity contribution is -0.164. The van der Waals surface area contributed by atoms with Crippen LogP contribution >= 0.6 is 0 Å². The number of carbonyl (C=O) groups is 2. The van der Waals surface area contributed by atoms with Gasteiger partial charge in [-0.3, -0.25) is 19.0 Å². The first-order valence-electron chi connectivity index (χ1n) is 10.6. The van der Waals surface area contributed by atoms with Gasteiger partial charge in [-0.2, -0.15) is 0 Å². The van der Waals surface area contributed by atoms with E-state index in [-0.39, 0.29) is 23.4 Å². The van der Waals surface area contributed by atoms with E-state index in [1.54, 1.807) is 18.2 Å². The van der Waals surface area contributed by atoms with Gasteiger partial charge < -0.3 is 4.74 Å². The Hall–Kier alpha value is -3.35. The van der Waals surface area contributed by atoms with Crippen molar-refractivity contribution in [2.45, 2.75) is 45.6 Å². The van der Waals surface area contributed by atoms with Crippen molar-refractivity contribution in [1.82, 2.24) is 9.55 Å². The second-order valence-corrected chi connectivity index (χ2v) is 9.31. The third kappa shape index (κ3) is 4.47. The number of halogens is 1. The molecule has 0 amide bonds. The third-order valence-corrected chi connectivity index (χ3v) is 5.63. The van der Waals surface area contributed by atoms with Crippen molar-refractivity contribution >= 4 is 23.2 Å². The minimum absolute atomic E-state index is 0.160. The van der Waals surface area contributed by atoms with Crippen LogP contribution in [-0.4, -0.2) is 27.4 Å². The Labute approximate surface area is 185 Å². The van der Waals surface area contributed by atoms with E-state index in [0.29, 0.717) is 53.5 Å². The average molecular weight is 436 g/mol. The molecule has 3 aromatic rings. The molecule has 0 atom stereocenters. The number of aldehydes is 1. The van der Waals surface area contributed by atoms with Crippen LogP contribution in [0.15, 0.2) is 47.3 Å². The van der Waals surface area contributed by atoms with Crippen LogP contribution in [0.4, 0.5) is 4.39 Å². The maximum Gasteiger partial charge on any atom is 0.309 e. The molecule has 1 aliphatic rings. The van der Waals surface area contributed by atoms with Crippen molar-refractivity contribution in [2.75, 3.05) is 0 Å². The van der Waals surface area contributed by atoms with Gasteiger partial charge in [0.05, 0.1) is 22.5 Å². The summed E-state index contributed by atoms with van der Waals surface area (Å²) in [5, 5.41) is 0.379. The van der Waals surface area contributed by atoms with Crippen LogP contribution < -0.4 is 5.56 Å². The average Bonchev–Trinajstić information content (AvgIpc) is 2.69. The number of benzene rings is 2. The summed E-state index contributed by atoms with van der Waals surface area (Å²) in [5.74, 6) is -0.0753. The Balaban J connectivity index is 1.67. The molecule has 166 valence electrons. The lowest BCUT2D eigenvalue weighted by atomic mass is 9.73.